The average Bonchev–Trinajstić information content (AvgIpc) is 2.87. The zero-order chi connectivity index (χ0) is 23.4. The van der Waals surface area contributed by atoms with Gasteiger partial charge in [-0.25, -0.2) is 9.97 Å². The summed E-state index contributed by atoms with van der Waals surface area (Å²) in [6, 6.07) is 9.06. The highest BCUT2D eigenvalue weighted by atomic mass is 16.5. The summed E-state index contributed by atoms with van der Waals surface area (Å²) < 4.78 is 11.0. The highest BCUT2D eigenvalue weighted by molar-refractivity contribution is 6.00. The first-order chi connectivity index (χ1) is 16.0. The van der Waals surface area contributed by atoms with Crippen LogP contribution in [0, 0.1) is 0 Å². The number of anilines is 1. The number of carbonyl (C=O) groups excluding carboxylic acids is 1. The van der Waals surface area contributed by atoms with E-state index in [1.54, 1.807) is 38.7 Å². The molecule has 8 nitrogen and oxygen atoms in total. The molecule has 0 N–H and O–H groups in total. The fraction of sp³-hybridized carbons (Fsp3) is 0.360. The molecule has 1 saturated heterocycles. The third-order valence-corrected chi connectivity index (χ3v) is 5.92. The molecule has 0 saturated carbocycles. The van der Waals surface area contributed by atoms with E-state index in [9.17, 15) is 4.79 Å². The monoisotopic (exact) mass is 447 g/mol. The van der Waals surface area contributed by atoms with Crippen LogP contribution in [-0.2, 0) is 0 Å². The van der Waals surface area contributed by atoms with Crippen LogP contribution in [0.3, 0.4) is 0 Å². The Hall–Kier alpha value is -3.68. The second kappa shape index (κ2) is 9.85. The normalized spacial score (nSPS) is 15.8. The fourth-order valence-electron chi connectivity index (χ4n) is 4.27. The number of nitrogens with zero attached hydrogens (tertiary/aromatic N) is 5. The zero-order valence-electron chi connectivity index (χ0n) is 19.5. The molecule has 33 heavy (non-hydrogen) atoms. The van der Waals surface area contributed by atoms with Crippen LogP contribution in [0.4, 0.5) is 5.95 Å². The number of aromatic nitrogens is 3. The number of piperidine rings is 1. The van der Waals surface area contributed by atoms with Crippen LogP contribution < -0.4 is 14.4 Å². The van der Waals surface area contributed by atoms with Gasteiger partial charge in [0.1, 0.15) is 17.1 Å². The van der Waals surface area contributed by atoms with Crippen LogP contribution in [0.2, 0.25) is 0 Å². The van der Waals surface area contributed by atoms with Crippen molar-refractivity contribution < 1.29 is 14.3 Å². The minimum Gasteiger partial charge on any atom is -0.496 e. The Labute approximate surface area is 194 Å². The number of ether oxygens (including phenoxy) is 2. The van der Waals surface area contributed by atoms with Crippen LogP contribution in [0.25, 0.3) is 11.1 Å². The molecule has 0 aliphatic carbocycles. The molecule has 3 heterocycles. The van der Waals surface area contributed by atoms with Gasteiger partial charge in [0.05, 0.1) is 26.0 Å². The van der Waals surface area contributed by atoms with E-state index in [1.807, 2.05) is 48.3 Å². The third-order valence-electron chi connectivity index (χ3n) is 5.92. The van der Waals surface area contributed by atoms with Crippen LogP contribution in [-0.4, -0.2) is 60.6 Å². The number of methoxy groups -OCH3 is 2. The Morgan fingerprint density at radius 3 is 2.39 bits per heavy atom. The molecule has 1 aliphatic heterocycles. The number of benzene rings is 1. The van der Waals surface area contributed by atoms with E-state index >= 15 is 0 Å². The molecule has 3 aromatic rings. The Kier molecular flexibility index (Phi) is 6.72. The van der Waals surface area contributed by atoms with Crippen molar-refractivity contribution in [1.29, 1.82) is 0 Å². The number of likely N-dealkylation sites (tertiary alicyclic amines) is 1. The number of hydrogen-bond donors (Lipinski definition) is 0. The minimum absolute atomic E-state index is 0.125. The molecule has 0 unspecified atom stereocenters. The molecule has 8 heteroatoms. The van der Waals surface area contributed by atoms with E-state index in [2.05, 4.69) is 9.97 Å². The molecule has 0 radical (unpaired) electrons. The molecule has 0 spiro atoms. The largest absolute Gasteiger partial charge is 0.496 e. The molecule has 1 atom stereocenters. The van der Waals surface area contributed by atoms with Gasteiger partial charge in [-0.2, -0.15) is 0 Å². The zero-order valence-corrected chi connectivity index (χ0v) is 19.5. The summed E-state index contributed by atoms with van der Waals surface area (Å²) in [5, 5.41) is 0. The number of rotatable bonds is 6. The fourth-order valence-corrected chi connectivity index (χ4v) is 4.27. The lowest BCUT2D eigenvalue weighted by atomic mass is 9.93. The lowest BCUT2D eigenvalue weighted by molar-refractivity contribution is 0.0600. The van der Waals surface area contributed by atoms with Crippen molar-refractivity contribution >= 4 is 11.9 Å². The van der Waals surface area contributed by atoms with Crippen molar-refractivity contribution in [3.05, 3.63) is 60.2 Å². The topological polar surface area (TPSA) is 80.7 Å². The molecular weight excluding hydrogens is 418 g/mol. The molecule has 4 rings (SSSR count). The summed E-state index contributed by atoms with van der Waals surface area (Å²) in [5.41, 5.74) is 3.14. The van der Waals surface area contributed by atoms with Gasteiger partial charge in [0.2, 0.25) is 5.95 Å². The van der Waals surface area contributed by atoms with Crippen molar-refractivity contribution in [2.45, 2.75) is 25.3 Å². The third kappa shape index (κ3) is 4.46. The van der Waals surface area contributed by atoms with E-state index in [0.29, 0.717) is 29.6 Å². The molecule has 1 aromatic carbocycles. The van der Waals surface area contributed by atoms with Crippen LogP contribution in [0.15, 0.2) is 48.9 Å². The van der Waals surface area contributed by atoms with Crippen molar-refractivity contribution in [1.82, 2.24) is 19.9 Å². The molecule has 1 fully saturated rings. The predicted octanol–water partition coefficient (Wildman–Crippen LogP) is 3.99. The number of carbonyl (C=O) groups is 1. The SMILES string of the molecule is COc1cccc(OC)c1C(=O)N1CCCC[C@H]1c1nc(N(C)C)ncc1-c1ccncc1. The van der Waals surface area contributed by atoms with E-state index in [4.69, 9.17) is 14.5 Å². The lowest BCUT2D eigenvalue weighted by Gasteiger charge is -2.37. The first kappa shape index (κ1) is 22.5. The highest BCUT2D eigenvalue weighted by Gasteiger charge is 2.34. The van der Waals surface area contributed by atoms with Gasteiger partial charge < -0.3 is 19.3 Å². The van der Waals surface area contributed by atoms with E-state index in [0.717, 1.165) is 36.1 Å². The van der Waals surface area contributed by atoms with Crippen molar-refractivity contribution in [2.75, 3.05) is 39.8 Å². The first-order valence-electron chi connectivity index (χ1n) is 11.0. The minimum atomic E-state index is -0.203. The number of amides is 1. The Balaban J connectivity index is 1.83. The quantitative estimate of drug-likeness (QED) is 0.565. The highest BCUT2D eigenvalue weighted by Crippen LogP contribution is 2.39. The Morgan fingerprint density at radius 2 is 1.76 bits per heavy atom. The average molecular weight is 448 g/mol. The van der Waals surface area contributed by atoms with Gasteiger partial charge in [0, 0.05) is 44.8 Å². The van der Waals surface area contributed by atoms with Crippen molar-refractivity contribution in [2.24, 2.45) is 0 Å². The summed E-state index contributed by atoms with van der Waals surface area (Å²) in [4.78, 5) is 31.3. The van der Waals surface area contributed by atoms with Gasteiger partial charge in [-0.05, 0) is 49.1 Å². The summed E-state index contributed by atoms with van der Waals surface area (Å²) in [6.45, 7) is 0.627. The van der Waals surface area contributed by atoms with Crippen LogP contribution >= 0.6 is 0 Å². The summed E-state index contributed by atoms with van der Waals surface area (Å²) in [5.74, 6) is 1.47. The molecule has 172 valence electrons. The second-order valence-electron chi connectivity index (χ2n) is 8.15. The molecule has 0 bridgehead atoms. The number of pyridine rings is 1. The second-order valence-corrected chi connectivity index (χ2v) is 8.15. The smallest absolute Gasteiger partial charge is 0.261 e. The van der Waals surface area contributed by atoms with Gasteiger partial charge >= 0.3 is 0 Å². The van der Waals surface area contributed by atoms with Gasteiger partial charge in [0.25, 0.3) is 5.91 Å². The summed E-state index contributed by atoms with van der Waals surface area (Å²) >= 11 is 0. The predicted molar refractivity (Wildman–Crippen MR) is 127 cm³/mol. The van der Waals surface area contributed by atoms with E-state index in [-0.39, 0.29) is 11.9 Å². The number of hydrogen-bond acceptors (Lipinski definition) is 7. The first-order valence-corrected chi connectivity index (χ1v) is 11.0. The van der Waals surface area contributed by atoms with Crippen LogP contribution in [0.5, 0.6) is 11.5 Å². The van der Waals surface area contributed by atoms with Crippen LogP contribution in [0.1, 0.15) is 41.4 Å². The van der Waals surface area contributed by atoms with E-state index < -0.39 is 0 Å². The van der Waals surface area contributed by atoms with Crippen molar-refractivity contribution in [3.63, 3.8) is 0 Å². The standard InChI is InChI=1S/C25H29N5O3/c1-29(2)25-27-16-18(17-11-13-26-14-12-17)23(28-25)19-8-5-6-15-30(19)24(31)22-20(32-3)9-7-10-21(22)33-4/h7,9-14,16,19H,5-6,8,15H2,1-4H3/t19-/m0/s1. The lowest BCUT2D eigenvalue weighted by Crippen LogP contribution is -2.39. The maximum absolute atomic E-state index is 13.9. The maximum atomic E-state index is 13.9. The Bertz CT molecular complexity index is 1100. The summed E-state index contributed by atoms with van der Waals surface area (Å²) in [6.07, 6.45) is 8.09. The maximum Gasteiger partial charge on any atom is 0.261 e. The van der Waals surface area contributed by atoms with E-state index in [1.165, 1.54) is 0 Å². The van der Waals surface area contributed by atoms with Gasteiger partial charge in [0.15, 0.2) is 0 Å². The van der Waals surface area contributed by atoms with Crippen molar-refractivity contribution in [3.8, 4) is 22.6 Å². The molecule has 1 amide bonds. The molecular formula is C25H29N5O3. The van der Waals surface area contributed by atoms with Gasteiger partial charge in [-0.1, -0.05) is 6.07 Å². The summed E-state index contributed by atoms with van der Waals surface area (Å²) in [7, 11) is 6.95. The molecule has 1 aliphatic rings. The Morgan fingerprint density at radius 1 is 1.06 bits per heavy atom. The molecule has 2 aromatic heterocycles. The van der Waals surface area contributed by atoms with Gasteiger partial charge in [-0.15, -0.1) is 0 Å². The van der Waals surface area contributed by atoms with Gasteiger partial charge in [-0.3, -0.25) is 9.78 Å².